The van der Waals surface area contributed by atoms with Crippen LogP contribution < -0.4 is 5.32 Å². The molecule has 0 aliphatic heterocycles. The van der Waals surface area contributed by atoms with E-state index in [0.717, 1.165) is 0 Å². The van der Waals surface area contributed by atoms with Crippen molar-refractivity contribution in [3.05, 3.63) is 24.3 Å². The molecule has 1 amide bonds. The van der Waals surface area contributed by atoms with Crippen molar-refractivity contribution in [3.63, 3.8) is 0 Å². The van der Waals surface area contributed by atoms with Crippen LogP contribution in [-0.4, -0.2) is 44.4 Å². The number of para-hydroxylation sites is 1. The molecule has 7 nitrogen and oxygen atoms in total. The average molecular weight is 301 g/mol. The third kappa shape index (κ3) is 4.63. The fourth-order valence-corrected chi connectivity index (χ4v) is 2.46. The van der Waals surface area contributed by atoms with Gasteiger partial charge in [-0.2, -0.15) is 0 Å². The van der Waals surface area contributed by atoms with Crippen molar-refractivity contribution in [1.82, 2.24) is 0 Å². The molecular formula is C12H15NO6S. The minimum absolute atomic E-state index is 0.0223. The van der Waals surface area contributed by atoms with Gasteiger partial charge in [0.15, 0.2) is 9.84 Å². The molecule has 0 heterocycles. The van der Waals surface area contributed by atoms with E-state index in [0.29, 0.717) is 0 Å². The highest BCUT2D eigenvalue weighted by Crippen LogP contribution is 2.21. The molecule has 1 aromatic carbocycles. The smallest absolute Gasteiger partial charge is 0.329 e. The maximum absolute atomic E-state index is 11.8. The molecule has 0 radical (unpaired) electrons. The summed E-state index contributed by atoms with van der Waals surface area (Å²) in [4.78, 5) is 21.8. The van der Waals surface area contributed by atoms with E-state index in [9.17, 15) is 18.0 Å². The average Bonchev–Trinajstić information content (AvgIpc) is 2.38. The summed E-state index contributed by atoms with van der Waals surface area (Å²) in [5.41, 5.74) is 0.151. The maximum atomic E-state index is 11.8. The van der Waals surface area contributed by atoms with Crippen molar-refractivity contribution in [3.8, 4) is 0 Å². The molecule has 0 atom stereocenters. The summed E-state index contributed by atoms with van der Waals surface area (Å²) < 4.78 is 28.3. The summed E-state index contributed by atoms with van der Waals surface area (Å²) in [6.07, 6.45) is 0. The van der Waals surface area contributed by atoms with Crippen LogP contribution in [-0.2, 0) is 24.2 Å². The maximum Gasteiger partial charge on any atom is 0.329 e. The number of carbonyl (C=O) groups excluding carboxylic acids is 1. The second-order valence-electron chi connectivity index (χ2n) is 3.83. The number of hydrogen-bond donors (Lipinski definition) is 2. The van der Waals surface area contributed by atoms with E-state index in [4.69, 9.17) is 5.11 Å². The van der Waals surface area contributed by atoms with E-state index in [2.05, 4.69) is 10.1 Å². The van der Waals surface area contributed by atoms with Crippen molar-refractivity contribution >= 4 is 27.4 Å². The highest BCUT2D eigenvalue weighted by Gasteiger charge is 2.17. The molecular weight excluding hydrogens is 286 g/mol. The Morgan fingerprint density at radius 1 is 1.25 bits per heavy atom. The minimum Gasteiger partial charge on any atom is -0.480 e. The first-order valence-electron chi connectivity index (χ1n) is 5.78. The number of amides is 1. The molecule has 8 heteroatoms. The van der Waals surface area contributed by atoms with Gasteiger partial charge in [-0.3, -0.25) is 4.79 Å². The van der Waals surface area contributed by atoms with E-state index >= 15 is 0 Å². The molecule has 0 saturated heterocycles. The van der Waals surface area contributed by atoms with Crippen LogP contribution in [0.1, 0.15) is 6.92 Å². The summed E-state index contributed by atoms with van der Waals surface area (Å²) in [6, 6.07) is 5.99. The molecule has 2 N–H and O–H groups in total. The Hall–Kier alpha value is -1.93. The van der Waals surface area contributed by atoms with Crippen LogP contribution in [0.15, 0.2) is 29.2 Å². The third-order valence-corrected chi connectivity index (χ3v) is 4.12. The van der Waals surface area contributed by atoms with Gasteiger partial charge in [0.05, 0.1) is 16.3 Å². The molecule has 0 aliphatic rings. The number of sulfone groups is 1. The van der Waals surface area contributed by atoms with Crippen LogP contribution in [0, 0.1) is 0 Å². The number of nitrogens with one attached hydrogen (secondary N) is 1. The van der Waals surface area contributed by atoms with Gasteiger partial charge in [0, 0.05) is 0 Å². The molecule has 0 fully saturated rings. The predicted molar refractivity (Wildman–Crippen MR) is 71.3 cm³/mol. The molecule has 0 bridgehead atoms. The fourth-order valence-electron chi connectivity index (χ4n) is 1.41. The lowest BCUT2D eigenvalue weighted by molar-refractivity contribution is -0.143. The lowest BCUT2D eigenvalue weighted by atomic mass is 10.3. The molecule has 20 heavy (non-hydrogen) atoms. The van der Waals surface area contributed by atoms with Crippen LogP contribution in [0.3, 0.4) is 0 Å². The predicted octanol–water partition coefficient (Wildman–Crippen LogP) is 0.520. The molecule has 1 rings (SSSR count). The zero-order valence-corrected chi connectivity index (χ0v) is 11.6. The van der Waals surface area contributed by atoms with E-state index in [1.165, 1.54) is 19.1 Å². The highest BCUT2D eigenvalue weighted by molar-refractivity contribution is 7.91. The van der Waals surface area contributed by atoms with Crippen LogP contribution in [0.4, 0.5) is 5.69 Å². The Morgan fingerprint density at radius 3 is 2.50 bits per heavy atom. The first kappa shape index (κ1) is 16.1. The normalized spacial score (nSPS) is 11.1. The topological polar surface area (TPSA) is 110 Å². The van der Waals surface area contributed by atoms with Crippen molar-refractivity contribution in [2.45, 2.75) is 11.8 Å². The first-order valence-corrected chi connectivity index (χ1v) is 7.43. The number of rotatable bonds is 7. The Balaban J connectivity index is 2.78. The van der Waals surface area contributed by atoms with Crippen LogP contribution >= 0.6 is 0 Å². The minimum atomic E-state index is -3.46. The molecule has 0 aliphatic carbocycles. The summed E-state index contributed by atoms with van der Waals surface area (Å²) in [5, 5.41) is 10.8. The summed E-state index contributed by atoms with van der Waals surface area (Å²) >= 11 is 0. The first-order chi connectivity index (χ1) is 9.36. The molecule has 1 aromatic rings. The van der Waals surface area contributed by atoms with E-state index < -0.39 is 34.9 Å². The number of hydrogen-bond acceptors (Lipinski definition) is 5. The van der Waals surface area contributed by atoms with Gasteiger partial charge in [0.25, 0.3) is 0 Å². The highest BCUT2D eigenvalue weighted by atomic mass is 32.2. The van der Waals surface area contributed by atoms with E-state index in [1.54, 1.807) is 12.1 Å². The van der Waals surface area contributed by atoms with E-state index in [-0.39, 0.29) is 16.3 Å². The van der Waals surface area contributed by atoms with Crippen molar-refractivity contribution < 1.29 is 27.9 Å². The number of carboxylic acid groups (broad SMARTS) is 1. The number of carboxylic acids is 1. The van der Waals surface area contributed by atoms with Gasteiger partial charge >= 0.3 is 5.97 Å². The molecule has 0 spiro atoms. The molecule has 0 saturated carbocycles. The van der Waals surface area contributed by atoms with Gasteiger partial charge < -0.3 is 15.2 Å². The summed E-state index contributed by atoms with van der Waals surface area (Å²) in [7, 11) is -3.46. The third-order valence-electron chi connectivity index (χ3n) is 2.33. The van der Waals surface area contributed by atoms with Crippen molar-refractivity contribution in [2.24, 2.45) is 0 Å². The van der Waals surface area contributed by atoms with Gasteiger partial charge in [0.2, 0.25) is 5.91 Å². The van der Waals surface area contributed by atoms with Crippen LogP contribution in [0.2, 0.25) is 0 Å². The number of ether oxygens (including phenoxy) is 1. The Bertz CT molecular complexity index is 596. The van der Waals surface area contributed by atoms with Gasteiger partial charge in [0.1, 0.15) is 13.2 Å². The SMILES string of the molecule is CCS(=O)(=O)c1ccccc1NC(=O)COCC(=O)O. The fraction of sp³-hybridized carbons (Fsp3) is 0.333. The standard InChI is InChI=1S/C12H15NO6S/c1-2-20(17,18)10-6-4-3-5-9(10)13-11(14)7-19-8-12(15)16/h3-6H,2,7-8H2,1H3,(H,13,14)(H,15,16). The number of benzene rings is 1. The number of anilines is 1. The van der Waals surface area contributed by atoms with Crippen LogP contribution in [0.25, 0.3) is 0 Å². The molecule has 0 unspecified atom stereocenters. The number of carbonyl (C=O) groups is 2. The quantitative estimate of drug-likeness (QED) is 0.759. The molecule has 110 valence electrons. The summed E-state index contributed by atoms with van der Waals surface area (Å²) in [5.74, 6) is -1.90. The Morgan fingerprint density at radius 2 is 1.90 bits per heavy atom. The number of aliphatic carboxylic acids is 1. The van der Waals surface area contributed by atoms with Crippen molar-refractivity contribution in [2.75, 3.05) is 24.3 Å². The second-order valence-corrected chi connectivity index (χ2v) is 6.08. The van der Waals surface area contributed by atoms with Crippen LogP contribution in [0.5, 0.6) is 0 Å². The summed E-state index contributed by atoms with van der Waals surface area (Å²) in [6.45, 7) is 0.443. The lowest BCUT2D eigenvalue weighted by Gasteiger charge is -2.10. The van der Waals surface area contributed by atoms with Gasteiger partial charge in [-0.05, 0) is 12.1 Å². The lowest BCUT2D eigenvalue weighted by Crippen LogP contribution is -2.22. The largest absolute Gasteiger partial charge is 0.480 e. The van der Waals surface area contributed by atoms with Gasteiger partial charge in [-0.25, -0.2) is 13.2 Å². The monoisotopic (exact) mass is 301 g/mol. The van der Waals surface area contributed by atoms with Gasteiger partial charge in [-0.15, -0.1) is 0 Å². The molecule has 0 aromatic heterocycles. The second kappa shape index (κ2) is 7.01. The Kier molecular flexibility index (Phi) is 5.66. The van der Waals surface area contributed by atoms with Gasteiger partial charge in [-0.1, -0.05) is 19.1 Å². The zero-order valence-electron chi connectivity index (χ0n) is 10.8. The van der Waals surface area contributed by atoms with E-state index in [1.807, 2.05) is 0 Å². The van der Waals surface area contributed by atoms with Crippen molar-refractivity contribution in [1.29, 1.82) is 0 Å². The Labute approximate surface area is 116 Å². The zero-order chi connectivity index (χ0) is 15.2.